The fourth-order valence-corrected chi connectivity index (χ4v) is 3.39. The summed E-state index contributed by atoms with van der Waals surface area (Å²) in [5, 5.41) is 9.55. The van der Waals surface area contributed by atoms with E-state index in [1.165, 1.54) is 18.4 Å². The van der Waals surface area contributed by atoms with E-state index in [2.05, 4.69) is 47.1 Å². The molecule has 1 aliphatic carbocycles. The van der Waals surface area contributed by atoms with Gasteiger partial charge in [-0.25, -0.2) is 0 Å². The molecule has 0 heterocycles. The Kier molecular flexibility index (Phi) is 3.89. The summed E-state index contributed by atoms with van der Waals surface area (Å²) in [4.78, 5) is 0. The van der Waals surface area contributed by atoms with Crippen molar-refractivity contribution in [2.24, 2.45) is 11.3 Å². The molecule has 0 bridgehead atoms. The van der Waals surface area contributed by atoms with Crippen molar-refractivity contribution in [3.8, 4) is 6.07 Å². The van der Waals surface area contributed by atoms with Crippen molar-refractivity contribution < 1.29 is 0 Å². The molecule has 17 heavy (non-hydrogen) atoms. The first-order chi connectivity index (χ1) is 8.15. The van der Waals surface area contributed by atoms with Crippen molar-refractivity contribution in [1.82, 2.24) is 0 Å². The van der Waals surface area contributed by atoms with E-state index < -0.39 is 0 Å². The van der Waals surface area contributed by atoms with Crippen molar-refractivity contribution in [1.29, 1.82) is 5.26 Å². The summed E-state index contributed by atoms with van der Waals surface area (Å²) in [5.74, 6) is 0.686. The Balaban J connectivity index is 2.20. The fraction of sp³-hybridized carbons (Fsp3) is 0.533. The topological polar surface area (TPSA) is 23.8 Å². The van der Waals surface area contributed by atoms with E-state index in [1.54, 1.807) is 0 Å². The first-order valence-corrected chi connectivity index (χ1v) is 7.09. The lowest BCUT2D eigenvalue weighted by Crippen LogP contribution is -2.28. The smallest absolute Gasteiger partial charge is 0.0693 e. The number of nitrogens with zero attached hydrogens (tertiary/aromatic N) is 1. The Hall–Kier alpha value is -0.810. The third-order valence-corrected chi connectivity index (χ3v) is 4.59. The third-order valence-electron chi connectivity index (χ3n) is 3.82. The molecule has 0 saturated heterocycles. The Morgan fingerprint density at radius 2 is 2.24 bits per heavy atom. The van der Waals surface area contributed by atoms with Gasteiger partial charge in [-0.3, -0.25) is 0 Å². The molecule has 1 nitrogen and oxygen atoms in total. The third kappa shape index (κ3) is 2.90. The molecule has 2 rings (SSSR count). The van der Waals surface area contributed by atoms with Gasteiger partial charge < -0.3 is 0 Å². The lowest BCUT2D eigenvalue weighted by Gasteiger charge is -2.34. The number of hydrogen-bond donors (Lipinski definition) is 0. The second kappa shape index (κ2) is 5.23. The monoisotopic (exact) mass is 291 g/mol. The molecule has 90 valence electrons. The van der Waals surface area contributed by atoms with Crippen molar-refractivity contribution >= 4 is 15.9 Å². The van der Waals surface area contributed by atoms with Crippen LogP contribution in [0.4, 0.5) is 0 Å². The lowest BCUT2D eigenvalue weighted by atomic mass is 9.68. The fourth-order valence-electron chi connectivity index (χ4n) is 2.97. The highest BCUT2D eigenvalue weighted by molar-refractivity contribution is 9.10. The first kappa shape index (κ1) is 12.6. The average Bonchev–Trinajstić information content (AvgIpc) is 2.32. The second-order valence-corrected chi connectivity index (χ2v) is 6.22. The molecule has 0 aliphatic heterocycles. The van der Waals surface area contributed by atoms with E-state index >= 15 is 0 Å². The number of hydrogen-bond acceptors (Lipinski definition) is 1. The Bertz CT molecular complexity index is 435. The molecule has 1 aromatic carbocycles. The molecular weight excluding hydrogens is 274 g/mol. The van der Waals surface area contributed by atoms with Gasteiger partial charge in [-0.05, 0) is 36.8 Å². The quantitative estimate of drug-likeness (QED) is 0.774. The van der Waals surface area contributed by atoms with Crippen molar-refractivity contribution in [2.75, 3.05) is 0 Å². The van der Waals surface area contributed by atoms with Gasteiger partial charge in [-0.15, -0.1) is 0 Å². The molecule has 2 atom stereocenters. The molecule has 1 aliphatic rings. The Labute approximate surface area is 112 Å². The number of nitriles is 1. The van der Waals surface area contributed by atoms with Gasteiger partial charge in [0, 0.05) is 4.47 Å². The minimum Gasteiger partial charge on any atom is -0.198 e. The zero-order chi connectivity index (χ0) is 12.3. The van der Waals surface area contributed by atoms with Gasteiger partial charge in [-0.1, -0.05) is 53.9 Å². The average molecular weight is 292 g/mol. The van der Waals surface area contributed by atoms with Crippen LogP contribution < -0.4 is 0 Å². The van der Waals surface area contributed by atoms with Crippen LogP contribution in [-0.4, -0.2) is 0 Å². The van der Waals surface area contributed by atoms with Crippen LogP contribution in [-0.2, 0) is 6.42 Å². The van der Waals surface area contributed by atoms with Crippen LogP contribution >= 0.6 is 15.9 Å². The van der Waals surface area contributed by atoms with Gasteiger partial charge in [-0.2, -0.15) is 5.26 Å². The minimum absolute atomic E-state index is 0.137. The lowest BCUT2D eigenvalue weighted by molar-refractivity contribution is 0.209. The second-order valence-electron chi connectivity index (χ2n) is 5.36. The van der Waals surface area contributed by atoms with Gasteiger partial charge >= 0.3 is 0 Å². The summed E-state index contributed by atoms with van der Waals surface area (Å²) in [6, 6.07) is 10.9. The molecule has 0 aromatic heterocycles. The molecule has 0 amide bonds. The predicted octanol–water partition coefficient (Wildman–Crippen LogP) is 4.71. The predicted molar refractivity (Wildman–Crippen MR) is 73.5 cm³/mol. The summed E-state index contributed by atoms with van der Waals surface area (Å²) >= 11 is 3.58. The highest BCUT2D eigenvalue weighted by Crippen LogP contribution is 2.42. The number of benzene rings is 1. The van der Waals surface area contributed by atoms with Crippen molar-refractivity contribution in [2.45, 2.75) is 39.0 Å². The van der Waals surface area contributed by atoms with Gasteiger partial charge in [0.1, 0.15) is 0 Å². The zero-order valence-corrected chi connectivity index (χ0v) is 11.8. The summed E-state index contributed by atoms with van der Waals surface area (Å²) in [6.07, 6.45) is 5.45. The van der Waals surface area contributed by atoms with E-state index in [0.717, 1.165) is 23.7 Å². The van der Waals surface area contributed by atoms with Crippen molar-refractivity contribution in [3.63, 3.8) is 0 Å². The van der Waals surface area contributed by atoms with Crippen LogP contribution in [0.25, 0.3) is 0 Å². The van der Waals surface area contributed by atoms with Gasteiger partial charge in [0.2, 0.25) is 0 Å². The minimum atomic E-state index is -0.137. The Morgan fingerprint density at radius 1 is 1.47 bits per heavy atom. The largest absolute Gasteiger partial charge is 0.198 e. The number of rotatable bonds is 2. The first-order valence-electron chi connectivity index (χ1n) is 6.30. The SMILES string of the molecule is CC1CCCC(C#N)(Cc2ccccc2Br)C1. The van der Waals surface area contributed by atoms with E-state index in [1.807, 2.05) is 6.07 Å². The summed E-state index contributed by atoms with van der Waals surface area (Å²) in [6.45, 7) is 2.27. The van der Waals surface area contributed by atoms with Crippen LogP contribution in [0.5, 0.6) is 0 Å². The highest BCUT2D eigenvalue weighted by atomic mass is 79.9. The highest BCUT2D eigenvalue weighted by Gasteiger charge is 2.35. The van der Waals surface area contributed by atoms with Crippen LogP contribution in [0.15, 0.2) is 28.7 Å². The van der Waals surface area contributed by atoms with Gasteiger partial charge in [0.15, 0.2) is 0 Å². The number of halogens is 1. The maximum absolute atomic E-state index is 9.55. The van der Waals surface area contributed by atoms with Crippen LogP contribution in [0.2, 0.25) is 0 Å². The van der Waals surface area contributed by atoms with Crippen molar-refractivity contribution in [3.05, 3.63) is 34.3 Å². The zero-order valence-electron chi connectivity index (χ0n) is 10.2. The molecule has 1 fully saturated rings. The van der Waals surface area contributed by atoms with E-state index in [-0.39, 0.29) is 5.41 Å². The summed E-state index contributed by atoms with van der Waals surface area (Å²) in [7, 11) is 0. The molecule has 0 N–H and O–H groups in total. The molecule has 2 heteroatoms. The normalized spacial score (nSPS) is 28.6. The van der Waals surface area contributed by atoms with E-state index in [9.17, 15) is 5.26 Å². The van der Waals surface area contributed by atoms with Crippen LogP contribution in [0.3, 0.4) is 0 Å². The maximum atomic E-state index is 9.55. The molecule has 0 radical (unpaired) electrons. The van der Waals surface area contributed by atoms with E-state index in [0.29, 0.717) is 5.92 Å². The van der Waals surface area contributed by atoms with Crippen LogP contribution in [0, 0.1) is 22.7 Å². The van der Waals surface area contributed by atoms with Gasteiger partial charge in [0.05, 0.1) is 11.5 Å². The maximum Gasteiger partial charge on any atom is 0.0693 e. The summed E-state index contributed by atoms with van der Waals surface area (Å²) < 4.78 is 1.13. The molecular formula is C15H18BrN. The molecule has 1 saturated carbocycles. The van der Waals surface area contributed by atoms with Crippen LogP contribution in [0.1, 0.15) is 38.2 Å². The summed E-state index contributed by atoms with van der Waals surface area (Å²) in [5.41, 5.74) is 1.13. The molecule has 0 spiro atoms. The molecule has 1 aromatic rings. The van der Waals surface area contributed by atoms with E-state index in [4.69, 9.17) is 0 Å². The Morgan fingerprint density at radius 3 is 2.88 bits per heavy atom. The molecule has 2 unspecified atom stereocenters. The standard InChI is InChI=1S/C15H18BrN/c1-12-5-4-8-15(9-12,11-17)10-13-6-2-3-7-14(13)16/h2-3,6-7,12H,4-5,8-10H2,1H3. The van der Waals surface area contributed by atoms with Gasteiger partial charge in [0.25, 0.3) is 0 Å².